The number of H-pyrrole nitrogens is 1. The third-order valence-electron chi connectivity index (χ3n) is 3.65. The van der Waals surface area contributed by atoms with Gasteiger partial charge in [0.15, 0.2) is 0 Å². The normalized spacial score (nSPS) is 12.0. The summed E-state index contributed by atoms with van der Waals surface area (Å²) < 4.78 is 0. The van der Waals surface area contributed by atoms with E-state index >= 15 is 0 Å². The van der Waals surface area contributed by atoms with Gasteiger partial charge < -0.3 is 10.3 Å². The second kappa shape index (κ2) is 7.02. The maximum atomic E-state index is 12.0. The van der Waals surface area contributed by atoms with Crippen LogP contribution in [0.5, 0.6) is 0 Å². The van der Waals surface area contributed by atoms with E-state index in [-0.39, 0.29) is 23.8 Å². The number of carbonyl (C=O) groups excluding carboxylic acids is 1. The Morgan fingerprint density at radius 3 is 2.59 bits per heavy atom. The molecule has 1 atom stereocenters. The van der Waals surface area contributed by atoms with Crippen molar-refractivity contribution in [2.45, 2.75) is 33.1 Å². The van der Waals surface area contributed by atoms with E-state index < -0.39 is 0 Å². The molecule has 1 aromatic carbocycles. The molecule has 22 heavy (non-hydrogen) atoms. The Kier molecular flexibility index (Phi) is 5.09. The van der Waals surface area contributed by atoms with E-state index in [0.29, 0.717) is 23.6 Å². The molecule has 0 aliphatic rings. The molecule has 5 nitrogen and oxygen atoms in total. The molecule has 1 amide bonds. The van der Waals surface area contributed by atoms with Crippen molar-refractivity contribution in [2.24, 2.45) is 0 Å². The topological polar surface area (TPSA) is 74.8 Å². The minimum absolute atomic E-state index is 0.0515. The minimum Gasteiger partial charge on any atom is -0.355 e. The monoisotopic (exact) mass is 299 g/mol. The Labute approximate surface area is 129 Å². The third-order valence-corrected chi connectivity index (χ3v) is 3.65. The van der Waals surface area contributed by atoms with Gasteiger partial charge in [-0.15, -0.1) is 0 Å². The van der Waals surface area contributed by atoms with Crippen LogP contribution in [0, 0.1) is 13.8 Å². The van der Waals surface area contributed by atoms with E-state index in [0.717, 1.165) is 0 Å². The van der Waals surface area contributed by atoms with Gasteiger partial charge in [0.05, 0.1) is 6.42 Å². The van der Waals surface area contributed by atoms with Crippen LogP contribution in [0.3, 0.4) is 0 Å². The van der Waals surface area contributed by atoms with Crippen molar-refractivity contribution >= 4 is 5.91 Å². The highest BCUT2D eigenvalue weighted by molar-refractivity contribution is 5.78. The quantitative estimate of drug-likeness (QED) is 0.884. The van der Waals surface area contributed by atoms with E-state index in [1.54, 1.807) is 13.8 Å². The summed E-state index contributed by atoms with van der Waals surface area (Å²) in [5, 5.41) is 2.88. The van der Waals surface area contributed by atoms with E-state index in [9.17, 15) is 9.59 Å². The average molecular weight is 299 g/mol. The Bertz CT molecular complexity index is 708. The number of nitrogens with one attached hydrogen (secondary N) is 2. The maximum Gasteiger partial charge on any atom is 0.254 e. The van der Waals surface area contributed by atoms with Crippen LogP contribution >= 0.6 is 0 Å². The molecule has 1 aromatic heterocycles. The van der Waals surface area contributed by atoms with Crippen molar-refractivity contribution in [2.75, 3.05) is 6.54 Å². The minimum atomic E-state index is -0.240. The number of aromatic amines is 1. The fraction of sp³-hybridized carbons (Fsp3) is 0.353. The van der Waals surface area contributed by atoms with Crippen LogP contribution in [0.1, 0.15) is 35.5 Å². The van der Waals surface area contributed by atoms with Crippen molar-refractivity contribution in [1.82, 2.24) is 15.3 Å². The van der Waals surface area contributed by atoms with Crippen molar-refractivity contribution in [3.63, 3.8) is 0 Å². The van der Waals surface area contributed by atoms with E-state index in [1.807, 2.05) is 30.3 Å². The SMILES string of the molecule is Cc1nc(C)c(CC(=O)NC[C@H](C)c2ccccc2)c(=O)[nH]1. The highest BCUT2D eigenvalue weighted by Gasteiger charge is 2.13. The van der Waals surface area contributed by atoms with Crippen molar-refractivity contribution < 1.29 is 4.79 Å². The smallest absolute Gasteiger partial charge is 0.254 e. The van der Waals surface area contributed by atoms with Gasteiger partial charge in [-0.25, -0.2) is 4.98 Å². The summed E-state index contributed by atoms with van der Waals surface area (Å²) in [5.41, 5.74) is 1.97. The number of hydrogen-bond acceptors (Lipinski definition) is 3. The zero-order chi connectivity index (χ0) is 16.1. The van der Waals surface area contributed by atoms with E-state index in [2.05, 4.69) is 22.2 Å². The molecule has 2 aromatic rings. The van der Waals surface area contributed by atoms with Gasteiger partial charge >= 0.3 is 0 Å². The predicted octanol–water partition coefficient (Wildman–Crippen LogP) is 1.85. The van der Waals surface area contributed by atoms with Crippen LogP contribution in [-0.4, -0.2) is 22.4 Å². The molecule has 0 radical (unpaired) electrons. The van der Waals surface area contributed by atoms with Gasteiger partial charge in [0.1, 0.15) is 5.82 Å². The van der Waals surface area contributed by atoms with Gasteiger partial charge in [-0.1, -0.05) is 37.3 Å². The van der Waals surface area contributed by atoms with Crippen LogP contribution < -0.4 is 10.9 Å². The standard InChI is InChI=1S/C17H21N3O2/c1-11(14-7-5-4-6-8-14)10-18-16(21)9-15-12(2)19-13(3)20-17(15)22/h4-8,11H,9-10H2,1-3H3,(H,18,21)(H,19,20,22)/t11-/m0/s1. The fourth-order valence-electron chi connectivity index (χ4n) is 2.35. The first-order valence-electron chi connectivity index (χ1n) is 7.35. The molecule has 0 bridgehead atoms. The molecular weight excluding hydrogens is 278 g/mol. The number of carbonyl (C=O) groups is 1. The lowest BCUT2D eigenvalue weighted by Crippen LogP contribution is -2.31. The van der Waals surface area contributed by atoms with Crippen LogP contribution in [0.25, 0.3) is 0 Å². The van der Waals surface area contributed by atoms with Crippen LogP contribution in [0.4, 0.5) is 0 Å². The Balaban J connectivity index is 1.95. The summed E-state index contributed by atoms with van der Waals surface area (Å²) in [5.74, 6) is 0.618. The highest BCUT2D eigenvalue weighted by atomic mass is 16.2. The second-order valence-corrected chi connectivity index (χ2v) is 5.51. The van der Waals surface area contributed by atoms with Crippen molar-refractivity contribution in [3.05, 3.63) is 63.3 Å². The molecule has 0 aliphatic carbocycles. The molecule has 0 spiro atoms. The molecule has 5 heteroatoms. The van der Waals surface area contributed by atoms with Gasteiger partial charge in [0, 0.05) is 17.8 Å². The molecule has 2 rings (SSSR count). The third kappa shape index (κ3) is 4.04. The predicted molar refractivity (Wildman–Crippen MR) is 85.9 cm³/mol. The molecular formula is C17H21N3O2. The molecule has 0 saturated heterocycles. The number of rotatable bonds is 5. The fourth-order valence-corrected chi connectivity index (χ4v) is 2.35. The van der Waals surface area contributed by atoms with Gasteiger partial charge in [0.25, 0.3) is 5.56 Å². The van der Waals surface area contributed by atoms with Gasteiger partial charge in [0.2, 0.25) is 5.91 Å². The zero-order valence-electron chi connectivity index (χ0n) is 13.1. The summed E-state index contributed by atoms with van der Waals surface area (Å²) in [7, 11) is 0. The summed E-state index contributed by atoms with van der Waals surface area (Å²) in [6.07, 6.45) is 0.0515. The first-order chi connectivity index (χ1) is 10.5. The number of benzene rings is 1. The summed E-state index contributed by atoms with van der Waals surface area (Å²) in [6, 6.07) is 10.0. The average Bonchev–Trinajstić information content (AvgIpc) is 2.49. The van der Waals surface area contributed by atoms with Crippen LogP contribution in [0.2, 0.25) is 0 Å². The Morgan fingerprint density at radius 2 is 1.95 bits per heavy atom. The Morgan fingerprint density at radius 1 is 1.27 bits per heavy atom. The van der Waals surface area contributed by atoms with E-state index in [4.69, 9.17) is 0 Å². The zero-order valence-corrected chi connectivity index (χ0v) is 13.1. The molecule has 1 heterocycles. The number of hydrogen-bond donors (Lipinski definition) is 2. The van der Waals surface area contributed by atoms with Crippen LogP contribution in [0.15, 0.2) is 35.1 Å². The van der Waals surface area contributed by atoms with Crippen molar-refractivity contribution in [1.29, 1.82) is 0 Å². The number of amides is 1. The molecule has 0 fully saturated rings. The molecule has 0 unspecified atom stereocenters. The first-order valence-corrected chi connectivity index (χ1v) is 7.35. The summed E-state index contributed by atoms with van der Waals surface area (Å²) >= 11 is 0. The van der Waals surface area contributed by atoms with Gasteiger partial charge in [-0.05, 0) is 25.3 Å². The largest absolute Gasteiger partial charge is 0.355 e. The number of aromatic nitrogens is 2. The maximum absolute atomic E-state index is 12.0. The molecule has 116 valence electrons. The van der Waals surface area contributed by atoms with Gasteiger partial charge in [-0.2, -0.15) is 0 Å². The Hall–Kier alpha value is -2.43. The molecule has 0 saturated carbocycles. The highest BCUT2D eigenvalue weighted by Crippen LogP contribution is 2.13. The molecule has 0 aliphatic heterocycles. The van der Waals surface area contributed by atoms with E-state index in [1.165, 1.54) is 5.56 Å². The van der Waals surface area contributed by atoms with Crippen molar-refractivity contribution in [3.8, 4) is 0 Å². The lowest BCUT2D eigenvalue weighted by atomic mass is 10.0. The second-order valence-electron chi connectivity index (χ2n) is 5.51. The molecule has 2 N–H and O–H groups in total. The summed E-state index contributed by atoms with van der Waals surface area (Å²) in [6.45, 7) is 6.07. The number of aryl methyl sites for hydroxylation is 2. The van der Waals surface area contributed by atoms with Crippen LogP contribution in [-0.2, 0) is 11.2 Å². The lowest BCUT2D eigenvalue weighted by Gasteiger charge is -2.13. The van der Waals surface area contributed by atoms with Gasteiger partial charge in [-0.3, -0.25) is 9.59 Å². The first kappa shape index (κ1) is 15.9. The summed E-state index contributed by atoms with van der Waals surface area (Å²) in [4.78, 5) is 30.8. The number of nitrogens with zero attached hydrogens (tertiary/aromatic N) is 1. The lowest BCUT2D eigenvalue weighted by molar-refractivity contribution is -0.120.